The van der Waals surface area contributed by atoms with Crippen LogP contribution in [0.15, 0.2) is 48.7 Å². The van der Waals surface area contributed by atoms with Crippen molar-refractivity contribution in [2.45, 2.75) is 6.61 Å². The molecule has 1 saturated heterocycles. The largest absolute Gasteiger partial charge is 0.364 e. The summed E-state index contributed by atoms with van der Waals surface area (Å²) >= 11 is 1.06. The molecular formula is C21H21FN6O3S. The molecule has 1 fully saturated rings. The molecule has 11 heteroatoms. The summed E-state index contributed by atoms with van der Waals surface area (Å²) in [5, 5.41) is 10.9. The number of hydrogen-bond donors (Lipinski definition) is 1. The average molecular weight is 457 g/mol. The van der Waals surface area contributed by atoms with Crippen LogP contribution in [0.25, 0.3) is 0 Å². The Hall–Kier alpha value is -3.44. The highest BCUT2D eigenvalue weighted by atomic mass is 32.1. The van der Waals surface area contributed by atoms with Crippen LogP contribution in [-0.4, -0.2) is 64.7 Å². The van der Waals surface area contributed by atoms with E-state index in [0.717, 1.165) is 17.2 Å². The van der Waals surface area contributed by atoms with Gasteiger partial charge in [0.05, 0.1) is 0 Å². The third-order valence-electron chi connectivity index (χ3n) is 4.80. The fraction of sp³-hybridized carbons (Fsp3) is 0.286. The van der Waals surface area contributed by atoms with Crippen molar-refractivity contribution in [3.05, 3.63) is 64.5 Å². The highest BCUT2D eigenvalue weighted by Gasteiger charge is 2.22. The van der Waals surface area contributed by atoms with E-state index in [4.69, 9.17) is 4.74 Å². The van der Waals surface area contributed by atoms with Gasteiger partial charge in [-0.25, -0.2) is 9.37 Å². The zero-order valence-electron chi connectivity index (χ0n) is 17.1. The van der Waals surface area contributed by atoms with E-state index in [1.165, 1.54) is 18.2 Å². The van der Waals surface area contributed by atoms with E-state index in [1.807, 2.05) is 18.2 Å². The van der Waals surface area contributed by atoms with Crippen LogP contribution in [-0.2, 0) is 16.1 Å². The lowest BCUT2D eigenvalue weighted by molar-refractivity contribution is -0.136. The molecule has 3 heterocycles. The monoisotopic (exact) mass is 456 g/mol. The normalized spacial score (nSPS) is 13.8. The zero-order chi connectivity index (χ0) is 22.3. The molecule has 0 spiro atoms. The number of carbonyl (C=O) groups excluding carboxylic acids is 2. The molecular weight excluding hydrogens is 435 g/mol. The maximum atomic E-state index is 13.2. The Morgan fingerprint density at radius 3 is 2.69 bits per heavy atom. The first-order valence-electron chi connectivity index (χ1n) is 9.99. The molecule has 0 aliphatic carbocycles. The summed E-state index contributed by atoms with van der Waals surface area (Å²) in [6.45, 7) is 2.62. The van der Waals surface area contributed by atoms with Crippen molar-refractivity contribution in [2.75, 3.05) is 43.0 Å². The van der Waals surface area contributed by atoms with Gasteiger partial charge in [0.15, 0.2) is 0 Å². The molecule has 2 aromatic heterocycles. The van der Waals surface area contributed by atoms with Gasteiger partial charge in [-0.1, -0.05) is 23.5 Å². The molecule has 0 unspecified atom stereocenters. The minimum atomic E-state index is -0.485. The van der Waals surface area contributed by atoms with Crippen molar-refractivity contribution in [3.63, 3.8) is 0 Å². The molecule has 4 rings (SSSR count). The Morgan fingerprint density at radius 2 is 1.94 bits per heavy atom. The molecule has 0 radical (unpaired) electrons. The number of aromatic nitrogens is 3. The maximum Gasteiger partial charge on any atom is 0.286 e. The molecule has 1 aromatic carbocycles. The number of amides is 2. The average Bonchev–Trinajstić information content (AvgIpc) is 3.29. The van der Waals surface area contributed by atoms with Crippen LogP contribution >= 0.6 is 11.3 Å². The Bertz CT molecular complexity index is 1070. The molecule has 1 N–H and O–H groups in total. The van der Waals surface area contributed by atoms with Gasteiger partial charge in [-0.15, -0.1) is 10.2 Å². The number of hydrogen-bond acceptors (Lipinski definition) is 8. The van der Waals surface area contributed by atoms with E-state index in [2.05, 4.69) is 25.4 Å². The first kappa shape index (κ1) is 21.8. The first-order valence-corrected chi connectivity index (χ1v) is 10.8. The van der Waals surface area contributed by atoms with Gasteiger partial charge >= 0.3 is 0 Å². The first-order chi connectivity index (χ1) is 15.6. The van der Waals surface area contributed by atoms with Crippen molar-refractivity contribution in [3.8, 4) is 0 Å². The summed E-state index contributed by atoms with van der Waals surface area (Å²) in [5.41, 5.74) is 0.330. The molecule has 0 atom stereocenters. The second-order valence-corrected chi connectivity index (χ2v) is 8.08. The van der Waals surface area contributed by atoms with E-state index in [-0.39, 0.29) is 24.1 Å². The van der Waals surface area contributed by atoms with Crippen LogP contribution in [0.5, 0.6) is 0 Å². The minimum absolute atomic E-state index is 0.0740. The predicted octanol–water partition coefficient (Wildman–Crippen LogP) is 2.19. The van der Waals surface area contributed by atoms with Gasteiger partial charge in [-0.05, 0) is 30.3 Å². The molecule has 1 aliphatic heterocycles. The number of pyridine rings is 1. The van der Waals surface area contributed by atoms with Gasteiger partial charge in [0.2, 0.25) is 10.9 Å². The SMILES string of the molecule is O=C(Nc1cccc(F)c1)c1nnc(COCC(=O)N2CCN(c3ccccn3)CC2)s1. The Balaban J connectivity index is 1.20. The number of nitrogens with zero attached hydrogens (tertiary/aromatic N) is 5. The number of rotatable bonds is 7. The van der Waals surface area contributed by atoms with E-state index >= 15 is 0 Å². The number of anilines is 2. The maximum absolute atomic E-state index is 13.2. The molecule has 9 nitrogen and oxygen atoms in total. The van der Waals surface area contributed by atoms with Crippen LogP contribution in [0.1, 0.15) is 14.8 Å². The van der Waals surface area contributed by atoms with Crippen molar-refractivity contribution < 1.29 is 18.7 Å². The van der Waals surface area contributed by atoms with Gasteiger partial charge in [-0.2, -0.15) is 0 Å². The van der Waals surface area contributed by atoms with Crippen LogP contribution < -0.4 is 10.2 Å². The summed E-state index contributed by atoms with van der Waals surface area (Å²) in [4.78, 5) is 32.9. The second kappa shape index (κ2) is 10.2. The Kier molecular flexibility index (Phi) is 6.97. The van der Waals surface area contributed by atoms with Crippen molar-refractivity contribution in [2.24, 2.45) is 0 Å². The van der Waals surface area contributed by atoms with Gasteiger partial charge in [0.25, 0.3) is 5.91 Å². The number of halogens is 1. The number of nitrogens with one attached hydrogen (secondary N) is 1. The third kappa shape index (κ3) is 5.62. The quantitative estimate of drug-likeness (QED) is 0.582. The van der Waals surface area contributed by atoms with Gasteiger partial charge in [0.1, 0.15) is 29.9 Å². The highest BCUT2D eigenvalue weighted by molar-refractivity contribution is 7.13. The molecule has 0 saturated carbocycles. The Labute approximate surface area is 187 Å². The lowest BCUT2D eigenvalue weighted by Gasteiger charge is -2.35. The van der Waals surface area contributed by atoms with Crippen molar-refractivity contribution in [1.29, 1.82) is 0 Å². The molecule has 1 aliphatic rings. The van der Waals surface area contributed by atoms with Crippen LogP contribution in [0.4, 0.5) is 15.9 Å². The molecule has 166 valence electrons. The predicted molar refractivity (Wildman–Crippen MR) is 117 cm³/mol. The van der Waals surface area contributed by atoms with Crippen LogP contribution in [0, 0.1) is 5.82 Å². The second-order valence-electron chi connectivity index (χ2n) is 7.01. The molecule has 0 bridgehead atoms. The number of benzene rings is 1. The van der Waals surface area contributed by atoms with Crippen molar-refractivity contribution in [1.82, 2.24) is 20.1 Å². The highest BCUT2D eigenvalue weighted by Crippen LogP contribution is 2.16. The fourth-order valence-corrected chi connectivity index (χ4v) is 3.87. The summed E-state index contributed by atoms with van der Waals surface area (Å²) in [5.74, 6) is -0.123. The molecule has 2 amide bonds. The van der Waals surface area contributed by atoms with E-state index in [9.17, 15) is 14.0 Å². The summed E-state index contributed by atoms with van der Waals surface area (Å²) < 4.78 is 18.7. The lowest BCUT2D eigenvalue weighted by atomic mass is 10.3. The summed E-state index contributed by atoms with van der Waals surface area (Å²) in [6, 6.07) is 11.3. The van der Waals surface area contributed by atoms with E-state index < -0.39 is 11.7 Å². The fourth-order valence-electron chi connectivity index (χ4n) is 3.20. The zero-order valence-corrected chi connectivity index (χ0v) is 17.9. The summed E-state index contributed by atoms with van der Waals surface area (Å²) in [6.07, 6.45) is 1.75. The van der Waals surface area contributed by atoms with Gasteiger partial charge in [-0.3, -0.25) is 9.59 Å². The summed E-state index contributed by atoms with van der Waals surface area (Å²) in [7, 11) is 0. The number of piperazine rings is 1. The van der Waals surface area contributed by atoms with Gasteiger partial charge in [0, 0.05) is 38.1 Å². The standard InChI is InChI=1S/C21H21FN6O3S/c22-15-4-3-5-16(12-15)24-20(30)21-26-25-18(32-21)13-31-14-19(29)28-10-8-27(9-11-28)17-6-1-2-7-23-17/h1-7,12H,8-11,13-14H2,(H,24,30). The topological polar surface area (TPSA) is 101 Å². The number of ether oxygens (including phenoxy) is 1. The number of carbonyl (C=O) groups is 2. The Morgan fingerprint density at radius 1 is 1.09 bits per heavy atom. The minimum Gasteiger partial charge on any atom is -0.364 e. The third-order valence-corrected chi connectivity index (χ3v) is 5.70. The van der Waals surface area contributed by atoms with Crippen LogP contribution in [0.3, 0.4) is 0 Å². The van der Waals surface area contributed by atoms with Crippen LogP contribution in [0.2, 0.25) is 0 Å². The van der Waals surface area contributed by atoms with Gasteiger partial charge < -0.3 is 19.9 Å². The smallest absolute Gasteiger partial charge is 0.286 e. The van der Waals surface area contributed by atoms with E-state index in [0.29, 0.717) is 36.9 Å². The molecule has 3 aromatic rings. The van der Waals surface area contributed by atoms with Crippen molar-refractivity contribution >= 4 is 34.7 Å². The molecule has 32 heavy (non-hydrogen) atoms. The lowest BCUT2D eigenvalue weighted by Crippen LogP contribution is -2.50. The van der Waals surface area contributed by atoms with E-state index in [1.54, 1.807) is 17.2 Å².